The van der Waals surface area contributed by atoms with Crippen molar-refractivity contribution < 1.29 is 9.53 Å². The monoisotopic (exact) mass is 384 g/mol. The maximum atomic E-state index is 12.4. The van der Waals surface area contributed by atoms with Crippen molar-refractivity contribution in [3.8, 4) is 0 Å². The van der Waals surface area contributed by atoms with E-state index in [-0.39, 0.29) is 5.92 Å². The Balaban J connectivity index is 1.93. The first kappa shape index (κ1) is 16.6. The second-order valence-electron chi connectivity index (χ2n) is 5.74. The number of nitrogens with zero attached hydrogens (tertiary/aromatic N) is 2. The van der Waals surface area contributed by atoms with Gasteiger partial charge in [0.05, 0.1) is 11.3 Å². The number of carbonyl (C=O) groups is 1. The largest absolute Gasteiger partial charge is 0.425 e. The summed E-state index contributed by atoms with van der Waals surface area (Å²) in [4.78, 5) is 20.9. The molecule has 1 aliphatic heterocycles. The SMILES string of the molecule is CC1=NC(C)=C(OC(=O)c2cccnc2)C(c2ccc(Br)cc2)C1. The molecule has 0 saturated carbocycles. The highest BCUT2D eigenvalue weighted by Crippen LogP contribution is 2.36. The van der Waals surface area contributed by atoms with Crippen LogP contribution in [0.3, 0.4) is 0 Å². The molecule has 0 bridgehead atoms. The summed E-state index contributed by atoms with van der Waals surface area (Å²) in [6.07, 6.45) is 3.86. The van der Waals surface area contributed by atoms with Crippen LogP contribution in [-0.2, 0) is 4.74 Å². The summed E-state index contributed by atoms with van der Waals surface area (Å²) in [6, 6.07) is 11.5. The number of esters is 1. The summed E-state index contributed by atoms with van der Waals surface area (Å²) >= 11 is 3.45. The molecule has 5 heteroatoms. The molecule has 0 saturated heterocycles. The van der Waals surface area contributed by atoms with Crippen molar-refractivity contribution >= 4 is 27.6 Å². The quantitative estimate of drug-likeness (QED) is 0.708. The molecule has 1 atom stereocenters. The minimum Gasteiger partial charge on any atom is -0.425 e. The predicted molar refractivity (Wildman–Crippen MR) is 97.0 cm³/mol. The van der Waals surface area contributed by atoms with E-state index in [9.17, 15) is 4.79 Å². The van der Waals surface area contributed by atoms with Crippen molar-refractivity contribution in [2.24, 2.45) is 4.99 Å². The summed E-state index contributed by atoms with van der Waals surface area (Å²) in [7, 11) is 0. The molecule has 1 aliphatic rings. The van der Waals surface area contributed by atoms with Crippen LogP contribution >= 0.6 is 15.9 Å². The zero-order valence-electron chi connectivity index (χ0n) is 13.5. The Morgan fingerprint density at radius 3 is 2.62 bits per heavy atom. The number of benzene rings is 1. The van der Waals surface area contributed by atoms with E-state index in [2.05, 4.69) is 25.9 Å². The molecule has 1 unspecified atom stereocenters. The van der Waals surface area contributed by atoms with E-state index in [0.717, 1.165) is 27.9 Å². The fraction of sp³-hybridized carbons (Fsp3) is 0.211. The lowest BCUT2D eigenvalue weighted by Gasteiger charge is -2.25. The molecule has 0 fully saturated rings. The molecule has 0 spiro atoms. The van der Waals surface area contributed by atoms with Crippen molar-refractivity contribution in [2.45, 2.75) is 26.2 Å². The van der Waals surface area contributed by atoms with Crippen LogP contribution in [0.25, 0.3) is 0 Å². The molecule has 1 aromatic heterocycles. The van der Waals surface area contributed by atoms with E-state index in [1.165, 1.54) is 6.20 Å². The number of aliphatic imine (C=N–C) groups is 1. The number of carbonyl (C=O) groups excluding carboxylic acids is 1. The van der Waals surface area contributed by atoms with Gasteiger partial charge in [0.25, 0.3) is 0 Å². The minimum absolute atomic E-state index is 0.0174. The van der Waals surface area contributed by atoms with Gasteiger partial charge >= 0.3 is 5.97 Å². The lowest BCUT2D eigenvalue weighted by molar-refractivity contribution is 0.0598. The predicted octanol–water partition coefficient (Wildman–Crippen LogP) is 4.88. The van der Waals surface area contributed by atoms with E-state index < -0.39 is 5.97 Å². The highest BCUT2D eigenvalue weighted by molar-refractivity contribution is 9.10. The second kappa shape index (κ2) is 7.09. The van der Waals surface area contributed by atoms with Crippen LogP contribution in [-0.4, -0.2) is 16.7 Å². The van der Waals surface area contributed by atoms with Crippen molar-refractivity contribution in [3.05, 3.63) is 75.8 Å². The average Bonchev–Trinajstić information content (AvgIpc) is 2.58. The van der Waals surface area contributed by atoms with Gasteiger partial charge in [-0.3, -0.25) is 9.98 Å². The highest BCUT2D eigenvalue weighted by atomic mass is 79.9. The van der Waals surface area contributed by atoms with E-state index >= 15 is 0 Å². The molecule has 1 aromatic carbocycles. The Kier molecular flexibility index (Phi) is 4.90. The lowest BCUT2D eigenvalue weighted by atomic mass is 9.89. The fourth-order valence-electron chi connectivity index (χ4n) is 2.78. The van der Waals surface area contributed by atoms with Gasteiger partial charge in [0.2, 0.25) is 0 Å². The van der Waals surface area contributed by atoms with E-state index in [1.807, 2.05) is 38.1 Å². The summed E-state index contributed by atoms with van der Waals surface area (Å²) in [5, 5.41) is 0. The summed E-state index contributed by atoms with van der Waals surface area (Å²) < 4.78 is 6.73. The van der Waals surface area contributed by atoms with Gasteiger partial charge in [-0.2, -0.15) is 0 Å². The van der Waals surface area contributed by atoms with Gasteiger partial charge in [-0.1, -0.05) is 28.1 Å². The van der Waals surface area contributed by atoms with E-state index in [4.69, 9.17) is 4.74 Å². The Bertz CT molecular complexity index is 811. The molecule has 2 heterocycles. The first-order chi connectivity index (χ1) is 11.5. The van der Waals surface area contributed by atoms with E-state index in [1.54, 1.807) is 18.3 Å². The standard InChI is InChI=1S/C19H17BrN2O2/c1-12-10-17(14-5-7-16(20)8-6-14)18(13(2)22-12)24-19(23)15-4-3-9-21-11-15/h3-9,11,17H,10H2,1-2H3. The van der Waals surface area contributed by atoms with Crippen LogP contribution in [0.1, 0.15) is 42.1 Å². The smallest absolute Gasteiger partial charge is 0.344 e. The third kappa shape index (κ3) is 3.62. The molecule has 3 rings (SSSR count). The van der Waals surface area contributed by atoms with E-state index in [0.29, 0.717) is 11.3 Å². The second-order valence-corrected chi connectivity index (χ2v) is 6.65. The number of allylic oxidation sites excluding steroid dienone is 2. The van der Waals surface area contributed by atoms with Crippen LogP contribution in [0.5, 0.6) is 0 Å². The van der Waals surface area contributed by atoms with Crippen LogP contribution in [0, 0.1) is 0 Å². The number of ether oxygens (including phenoxy) is 1. The maximum Gasteiger partial charge on any atom is 0.344 e. The molecule has 0 N–H and O–H groups in total. The zero-order valence-corrected chi connectivity index (χ0v) is 15.1. The zero-order chi connectivity index (χ0) is 17.1. The van der Waals surface area contributed by atoms with Crippen LogP contribution in [0.15, 0.2) is 69.7 Å². The summed E-state index contributed by atoms with van der Waals surface area (Å²) in [5.41, 5.74) is 3.30. The van der Waals surface area contributed by atoms with Crippen LogP contribution in [0.2, 0.25) is 0 Å². The lowest BCUT2D eigenvalue weighted by Crippen LogP contribution is -2.18. The number of pyridine rings is 1. The first-order valence-corrected chi connectivity index (χ1v) is 8.46. The summed E-state index contributed by atoms with van der Waals surface area (Å²) in [6.45, 7) is 3.87. The van der Waals surface area contributed by atoms with Crippen LogP contribution in [0.4, 0.5) is 0 Å². The number of hydrogen-bond acceptors (Lipinski definition) is 4. The van der Waals surface area contributed by atoms with Gasteiger partial charge in [-0.15, -0.1) is 0 Å². The highest BCUT2D eigenvalue weighted by Gasteiger charge is 2.27. The molecule has 0 radical (unpaired) electrons. The Morgan fingerprint density at radius 1 is 1.21 bits per heavy atom. The van der Waals surface area contributed by atoms with Gasteiger partial charge in [0, 0.05) is 28.5 Å². The van der Waals surface area contributed by atoms with Gasteiger partial charge < -0.3 is 4.74 Å². The third-order valence-corrected chi connectivity index (χ3v) is 4.43. The minimum atomic E-state index is -0.408. The van der Waals surface area contributed by atoms with Gasteiger partial charge in [-0.25, -0.2) is 4.79 Å². The van der Waals surface area contributed by atoms with Crippen molar-refractivity contribution in [2.75, 3.05) is 0 Å². The Labute approximate surface area is 149 Å². The molecule has 2 aromatic rings. The molecule has 24 heavy (non-hydrogen) atoms. The topological polar surface area (TPSA) is 51.5 Å². The number of rotatable bonds is 3. The Hall–Kier alpha value is -2.27. The fourth-order valence-corrected chi connectivity index (χ4v) is 3.04. The number of hydrogen-bond donors (Lipinski definition) is 0. The molecule has 0 aliphatic carbocycles. The molecule has 4 nitrogen and oxygen atoms in total. The summed E-state index contributed by atoms with van der Waals surface area (Å²) in [5.74, 6) is 0.183. The number of halogens is 1. The van der Waals surface area contributed by atoms with Gasteiger partial charge in [0.1, 0.15) is 5.76 Å². The van der Waals surface area contributed by atoms with Gasteiger partial charge in [-0.05, 0) is 50.1 Å². The first-order valence-electron chi connectivity index (χ1n) is 7.67. The maximum absolute atomic E-state index is 12.4. The van der Waals surface area contributed by atoms with Crippen molar-refractivity contribution in [3.63, 3.8) is 0 Å². The van der Waals surface area contributed by atoms with Crippen LogP contribution < -0.4 is 0 Å². The Morgan fingerprint density at radius 2 is 1.96 bits per heavy atom. The normalized spacial score (nSPS) is 17.5. The average molecular weight is 385 g/mol. The number of aromatic nitrogens is 1. The van der Waals surface area contributed by atoms with Gasteiger partial charge in [0.15, 0.2) is 0 Å². The van der Waals surface area contributed by atoms with Crippen molar-refractivity contribution in [1.82, 2.24) is 4.98 Å². The molecule has 122 valence electrons. The third-order valence-electron chi connectivity index (χ3n) is 3.90. The van der Waals surface area contributed by atoms with Crippen molar-refractivity contribution in [1.29, 1.82) is 0 Å². The molecule has 0 amide bonds. The molecular weight excluding hydrogens is 368 g/mol. The molecular formula is C19H17BrN2O2.